The zero-order chi connectivity index (χ0) is 23.0. The van der Waals surface area contributed by atoms with E-state index >= 15 is 0 Å². The monoisotopic (exact) mass is 444 g/mol. The third kappa shape index (κ3) is 3.70. The van der Waals surface area contributed by atoms with Gasteiger partial charge in [-0.05, 0) is 56.6 Å². The highest BCUT2D eigenvalue weighted by molar-refractivity contribution is 6.15. The first-order valence-corrected chi connectivity index (χ1v) is 11.4. The number of aromatic nitrogens is 3. The van der Waals surface area contributed by atoms with Gasteiger partial charge in [0.2, 0.25) is 5.91 Å². The van der Waals surface area contributed by atoms with E-state index in [0.29, 0.717) is 18.5 Å². The molecular weight excluding hydrogens is 416 g/mol. The molecule has 1 unspecified atom stereocenters. The molecule has 0 radical (unpaired) electrons. The van der Waals surface area contributed by atoms with Gasteiger partial charge in [-0.1, -0.05) is 37.1 Å². The van der Waals surface area contributed by atoms with Crippen molar-refractivity contribution in [1.29, 1.82) is 0 Å². The molecule has 8 heteroatoms. The number of hydrogen-bond donors (Lipinski definition) is 1. The molecule has 2 aliphatic rings. The van der Waals surface area contributed by atoms with Gasteiger partial charge in [0, 0.05) is 6.04 Å². The summed E-state index contributed by atoms with van der Waals surface area (Å²) in [5.74, 6) is -0.112. The van der Waals surface area contributed by atoms with Crippen LogP contribution in [0.15, 0.2) is 61.2 Å². The van der Waals surface area contributed by atoms with Crippen LogP contribution in [-0.4, -0.2) is 50.6 Å². The van der Waals surface area contributed by atoms with E-state index in [1.54, 1.807) is 15.9 Å². The molecule has 2 heterocycles. The molecule has 5 rings (SSSR count). The number of carbonyl (C=O) groups is 2. The number of fused-ring (bicyclic) bond motifs is 1. The minimum Gasteiger partial charge on any atom is -0.322 e. The fourth-order valence-corrected chi connectivity index (χ4v) is 5.05. The van der Waals surface area contributed by atoms with Gasteiger partial charge in [0.25, 0.3) is 5.91 Å². The summed E-state index contributed by atoms with van der Waals surface area (Å²) in [7, 11) is 1.95. The number of anilines is 2. The normalized spacial score (nSPS) is 17.8. The maximum Gasteiger partial charge on any atom is 0.250 e. The molecule has 8 nitrogen and oxygen atoms in total. The Morgan fingerprint density at radius 2 is 1.88 bits per heavy atom. The highest BCUT2D eigenvalue weighted by Gasteiger charge is 2.52. The first-order chi connectivity index (χ1) is 16.0. The lowest BCUT2D eigenvalue weighted by molar-refractivity contribution is -0.128. The van der Waals surface area contributed by atoms with Gasteiger partial charge in [-0.15, -0.1) is 0 Å². The van der Waals surface area contributed by atoms with Gasteiger partial charge in [0.05, 0.1) is 23.6 Å². The Morgan fingerprint density at radius 3 is 2.58 bits per heavy atom. The molecule has 1 saturated carbocycles. The lowest BCUT2D eigenvalue weighted by Gasteiger charge is -2.45. The molecule has 33 heavy (non-hydrogen) atoms. The van der Waals surface area contributed by atoms with Crippen LogP contribution in [0.5, 0.6) is 0 Å². The standard InChI is InChI=1S/C25H28N6O2/c1-18(19-9-11-20(12-10-19)30-17-26-16-27-30)29(2)15-23(32)31-22-8-4-3-7-21(22)28-24(33)25(31)13-5-6-14-25/h3-4,7-12,16-18H,5-6,13-15H2,1-2H3,(H,28,33). The molecular formula is C25H28N6O2. The largest absolute Gasteiger partial charge is 0.322 e. The molecule has 0 saturated heterocycles. The summed E-state index contributed by atoms with van der Waals surface area (Å²) >= 11 is 0. The van der Waals surface area contributed by atoms with Crippen LogP contribution in [0.4, 0.5) is 11.4 Å². The van der Waals surface area contributed by atoms with Gasteiger partial charge < -0.3 is 5.32 Å². The van der Waals surface area contributed by atoms with Gasteiger partial charge >= 0.3 is 0 Å². The number of para-hydroxylation sites is 2. The first-order valence-electron chi connectivity index (χ1n) is 11.4. The van der Waals surface area contributed by atoms with Crippen LogP contribution in [0.3, 0.4) is 0 Å². The van der Waals surface area contributed by atoms with Crippen molar-refractivity contribution in [2.24, 2.45) is 0 Å². The molecule has 1 atom stereocenters. The Bertz CT molecular complexity index is 1150. The number of likely N-dealkylation sites (N-methyl/N-ethyl adjacent to an activating group) is 1. The van der Waals surface area contributed by atoms with Crippen molar-refractivity contribution in [1.82, 2.24) is 19.7 Å². The topological polar surface area (TPSA) is 83.4 Å². The summed E-state index contributed by atoms with van der Waals surface area (Å²) in [5.41, 5.74) is 2.74. The van der Waals surface area contributed by atoms with Crippen molar-refractivity contribution in [3.05, 3.63) is 66.7 Å². The fourth-order valence-electron chi connectivity index (χ4n) is 5.05. The molecule has 3 aromatic rings. The molecule has 2 aromatic carbocycles. The molecule has 1 aliphatic carbocycles. The average Bonchev–Trinajstić information content (AvgIpc) is 3.53. The lowest BCUT2D eigenvalue weighted by atomic mass is 9.89. The van der Waals surface area contributed by atoms with E-state index < -0.39 is 5.54 Å². The highest BCUT2D eigenvalue weighted by atomic mass is 16.2. The van der Waals surface area contributed by atoms with E-state index in [1.165, 1.54) is 6.33 Å². The summed E-state index contributed by atoms with van der Waals surface area (Å²) in [6, 6.07) is 15.7. The summed E-state index contributed by atoms with van der Waals surface area (Å²) in [4.78, 5) is 34.6. The number of nitrogens with zero attached hydrogens (tertiary/aromatic N) is 5. The Hall–Kier alpha value is -3.52. The zero-order valence-electron chi connectivity index (χ0n) is 18.9. The van der Waals surface area contributed by atoms with Gasteiger partial charge in [-0.25, -0.2) is 9.67 Å². The van der Waals surface area contributed by atoms with E-state index in [9.17, 15) is 9.59 Å². The smallest absolute Gasteiger partial charge is 0.250 e. The Balaban J connectivity index is 1.37. The molecule has 2 amide bonds. The van der Waals surface area contributed by atoms with Crippen molar-refractivity contribution in [2.45, 2.75) is 44.2 Å². The number of hydrogen-bond acceptors (Lipinski definition) is 5. The van der Waals surface area contributed by atoms with Gasteiger partial charge in [-0.2, -0.15) is 5.10 Å². The second-order valence-electron chi connectivity index (χ2n) is 8.96. The Kier molecular flexibility index (Phi) is 5.46. The average molecular weight is 445 g/mol. The van der Waals surface area contributed by atoms with Crippen LogP contribution in [-0.2, 0) is 9.59 Å². The fraction of sp³-hybridized carbons (Fsp3) is 0.360. The minimum atomic E-state index is -0.783. The molecule has 1 spiro atoms. The van der Waals surface area contributed by atoms with E-state index in [2.05, 4.69) is 22.3 Å². The lowest BCUT2D eigenvalue weighted by Crippen LogP contribution is -2.62. The Labute approximate surface area is 193 Å². The summed E-state index contributed by atoms with van der Waals surface area (Å²) in [6.07, 6.45) is 6.46. The van der Waals surface area contributed by atoms with E-state index in [0.717, 1.165) is 29.8 Å². The maximum absolute atomic E-state index is 13.7. The van der Waals surface area contributed by atoms with Crippen LogP contribution < -0.4 is 10.2 Å². The van der Waals surface area contributed by atoms with Crippen molar-refractivity contribution in [3.8, 4) is 5.69 Å². The van der Waals surface area contributed by atoms with Crippen LogP contribution in [0, 0.1) is 0 Å². The number of amides is 2. The van der Waals surface area contributed by atoms with Crippen molar-refractivity contribution in [3.63, 3.8) is 0 Å². The van der Waals surface area contributed by atoms with Crippen LogP contribution in [0.2, 0.25) is 0 Å². The van der Waals surface area contributed by atoms with Crippen molar-refractivity contribution >= 4 is 23.2 Å². The quantitative estimate of drug-likeness (QED) is 0.651. The van der Waals surface area contributed by atoms with E-state index in [1.807, 2.05) is 60.5 Å². The first kappa shape index (κ1) is 21.3. The van der Waals surface area contributed by atoms with Crippen LogP contribution >= 0.6 is 0 Å². The summed E-state index contributed by atoms with van der Waals surface area (Å²) in [6.45, 7) is 2.30. The third-order valence-corrected chi connectivity index (χ3v) is 7.03. The van der Waals surface area contributed by atoms with Crippen LogP contribution in [0.1, 0.15) is 44.2 Å². The molecule has 1 aromatic heterocycles. The minimum absolute atomic E-state index is 0.0205. The second kappa shape index (κ2) is 8.44. The predicted molar refractivity (Wildman–Crippen MR) is 126 cm³/mol. The molecule has 1 N–H and O–H groups in total. The van der Waals surface area contributed by atoms with E-state index in [4.69, 9.17) is 0 Å². The Morgan fingerprint density at radius 1 is 1.15 bits per heavy atom. The van der Waals surface area contributed by atoms with Crippen molar-refractivity contribution < 1.29 is 9.59 Å². The van der Waals surface area contributed by atoms with Crippen LogP contribution in [0.25, 0.3) is 5.69 Å². The zero-order valence-corrected chi connectivity index (χ0v) is 18.9. The number of carbonyl (C=O) groups excluding carboxylic acids is 2. The van der Waals surface area contributed by atoms with Gasteiger partial charge in [0.1, 0.15) is 18.2 Å². The summed E-state index contributed by atoms with van der Waals surface area (Å²) in [5, 5.41) is 7.20. The van der Waals surface area contributed by atoms with E-state index in [-0.39, 0.29) is 24.4 Å². The predicted octanol–water partition coefficient (Wildman–Crippen LogP) is 3.56. The molecule has 1 fully saturated rings. The number of benzene rings is 2. The highest BCUT2D eigenvalue weighted by Crippen LogP contribution is 2.45. The maximum atomic E-state index is 13.7. The number of nitrogens with one attached hydrogen (secondary N) is 1. The SMILES string of the molecule is CC(c1ccc(-n2cncn2)cc1)N(C)CC(=O)N1c2ccccc2NC(=O)C12CCCC2. The summed E-state index contributed by atoms with van der Waals surface area (Å²) < 4.78 is 1.71. The van der Waals surface area contributed by atoms with Gasteiger partial charge in [0.15, 0.2) is 0 Å². The molecule has 170 valence electrons. The van der Waals surface area contributed by atoms with Gasteiger partial charge in [-0.3, -0.25) is 19.4 Å². The molecule has 1 aliphatic heterocycles. The second-order valence-corrected chi connectivity index (χ2v) is 8.96. The third-order valence-electron chi connectivity index (χ3n) is 7.03. The number of rotatable bonds is 5. The van der Waals surface area contributed by atoms with Crippen molar-refractivity contribution in [2.75, 3.05) is 23.8 Å². The molecule has 0 bridgehead atoms.